The predicted octanol–water partition coefficient (Wildman–Crippen LogP) is 2.71. The maximum atomic E-state index is 3.64. The second-order valence-corrected chi connectivity index (χ2v) is 4.82. The number of hydrogen-bond donors (Lipinski definition) is 1. The molecule has 2 rings (SSSR count). The molecule has 1 heteroatoms. The van der Waals surface area contributed by atoms with Crippen LogP contribution in [0, 0.1) is 17.3 Å². The van der Waals surface area contributed by atoms with E-state index < -0.39 is 0 Å². The van der Waals surface area contributed by atoms with Gasteiger partial charge in [0, 0.05) is 6.04 Å². The minimum absolute atomic E-state index is 0.676. The van der Waals surface area contributed by atoms with Crippen LogP contribution in [0.25, 0.3) is 0 Å². The third-order valence-corrected chi connectivity index (χ3v) is 4.12. The maximum Gasteiger partial charge on any atom is 0.0578 e. The highest BCUT2D eigenvalue weighted by Crippen LogP contribution is 2.50. The summed E-state index contributed by atoms with van der Waals surface area (Å²) in [5, 5.41) is 3.64. The molecule has 0 bridgehead atoms. The van der Waals surface area contributed by atoms with E-state index in [0.717, 1.165) is 12.6 Å². The second-order valence-electron chi connectivity index (χ2n) is 4.82. The molecule has 0 aromatic rings. The molecule has 0 aromatic heterocycles. The summed E-state index contributed by atoms with van der Waals surface area (Å²) in [6.07, 6.45) is 10.1. The topological polar surface area (TPSA) is 12.0 Å². The molecule has 0 aromatic carbocycles. The van der Waals surface area contributed by atoms with Crippen LogP contribution in [0.5, 0.6) is 0 Å². The first-order valence-electron chi connectivity index (χ1n) is 6.00. The molecule has 1 atom stereocenters. The quantitative estimate of drug-likeness (QED) is 0.662. The number of hydrogen-bond acceptors (Lipinski definition) is 1. The Morgan fingerprint density at radius 2 is 1.93 bits per heavy atom. The van der Waals surface area contributed by atoms with Crippen molar-refractivity contribution in [3.63, 3.8) is 0 Å². The van der Waals surface area contributed by atoms with E-state index in [1.54, 1.807) is 0 Å². The maximum absolute atomic E-state index is 3.64. The third-order valence-electron chi connectivity index (χ3n) is 4.12. The summed E-state index contributed by atoms with van der Waals surface area (Å²) >= 11 is 0. The predicted molar refractivity (Wildman–Crippen MR) is 60.0 cm³/mol. The third kappa shape index (κ3) is 1.81. The summed E-state index contributed by atoms with van der Waals surface area (Å²) in [5.41, 5.74) is 0.676. The Hall–Kier alpha value is -0.480. The first-order valence-corrected chi connectivity index (χ1v) is 6.00. The SMILES string of the molecule is CC#CCNC1CCCC12CCCC2. The van der Waals surface area contributed by atoms with Gasteiger partial charge >= 0.3 is 0 Å². The van der Waals surface area contributed by atoms with E-state index in [1.807, 2.05) is 6.92 Å². The molecule has 2 saturated carbocycles. The molecule has 1 unspecified atom stereocenters. The Bertz CT molecular complexity index is 234. The first kappa shape index (κ1) is 10.1. The lowest BCUT2D eigenvalue weighted by atomic mass is 9.81. The summed E-state index contributed by atoms with van der Waals surface area (Å²) in [7, 11) is 0. The molecule has 0 saturated heterocycles. The molecule has 1 spiro atoms. The zero-order valence-electron chi connectivity index (χ0n) is 9.23. The number of nitrogens with one attached hydrogen (secondary N) is 1. The Morgan fingerprint density at radius 1 is 1.21 bits per heavy atom. The smallest absolute Gasteiger partial charge is 0.0578 e. The van der Waals surface area contributed by atoms with Crippen molar-refractivity contribution in [1.29, 1.82) is 0 Å². The summed E-state index contributed by atoms with van der Waals surface area (Å²) in [4.78, 5) is 0. The molecule has 78 valence electrons. The van der Waals surface area contributed by atoms with Crippen molar-refractivity contribution in [3.8, 4) is 11.8 Å². The van der Waals surface area contributed by atoms with Gasteiger partial charge in [0.15, 0.2) is 0 Å². The molecule has 2 fully saturated rings. The van der Waals surface area contributed by atoms with Gasteiger partial charge in [0.1, 0.15) is 0 Å². The molecular formula is C13H21N. The monoisotopic (exact) mass is 191 g/mol. The van der Waals surface area contributed by atoms with E-state index in [-0.39, 0.29) is 0 Å². The molecule has 0 aliphatic heterocycles. The minimum atomic E-state index is 0.676. The zero-order chi connectivity index (χ0) is 9.86. The largest absolute Gasteiger partial charge is 0.303 e. The Balaban J connectivity index is 1.92. The zero-order valence-corrected chi connectivity index (χ0v) is 9.23. The fourth-order valence-corrected chi connectivity index (χ4v) is 3.40. The van der Waals surface area contributed by atoms with Gasteiger partial charge in [-0.2, -0.15) is 0 Å². The standard InChI is InChI=1S/C13H21N/c1-2-3-11-14-12-7-6-10-13(12)8-4-5-9-13/h12,14H,4-11H2,1H3. The van der Waals surface area contributed by atoms with Gasteiger partial charge in [-0.05, 0) is 38.0 Å². The van der Waals surface area contributed by atoms with Crippen LogP contribution in [-0.4, -0.2) is 12.6 Å². The van der Waals surface area contributed by atoms with E-state index in [2.05, 4.69) is 17.2 Å². The number of rotatable bonds is 2. The van der Waals surface area contributed by atoms with Gasteiger partial charge in [-0.3, -0.25) is 0 Å². The lowest BCUT2D eigenvalue weighted by Crippen LogP contribution is -2.39. The van der Waals surface area contributed by atoms with Crippen LogP contribution in [0.2, 0.25) is 0 Å². The fourth-order valence-electron chi connectivity index (χ4n) is 3.40. The van der Waals surface area contributed by atoms with Gasteiger partial charge in [0.25, 0.3) is 0 Å². The first-order chi connectivity index (χ1) is 6.87. The molecule has 0 heterocycles. The summed E-state index contributed by atoms with van der Waals surface area (Å²) in [5.74, 6) is 6.08. The van der Waals surface area contributed by atoms with Crippen molar-refractivity contribution in [2.75, 3.05) is 6.54 Å². The summed E-state index contributed by atoms with van der Waals surface area (Å²) < 4.78 is 0. The van der Waals surface area contributed by atoms with Gasteiger partial charge in [-0.15, -0.1) is 5.92 Å². The molecule has 2 aliphatic rings. The average Bonchev–Trinajstić information content (AvgIpc) is 2.80. The minimum Gasteiger partial charge on any atom is -0.303 e. The van der Waals surface area contributed by atoms with E-state index >= 15 is 0 Å². The normalized spacial score (nSPS) is 29.1. The van der Waals surface area contributed by atoms with Gasteiger partial charge in [0.05, 0.1) is 6.54 Å². The second kappa shape index (κ2) is 4.36. The van der Waals surface area contributed by atoms with Crippen LogP contribution >= 0.6 is 0 Å². The molecule has 0 amide bonds. The Labute approximate surface area is 87.7 Å². The van der Waals surface area contributed by atoms with Crippen molar-refractivity contribution >= 4 is 0 Å². The van der Waals surface area contributed by atoms with E-state index in [1.165, 1.54) is 44.9 Å². The molecule has 0 radical (unpaired) electrons. The van der Waals surface area contributed by atoms with Crippen molar-refractivity contribution < 1.29 is 0 Å². The van der Waals surface area contributed by atoms with Crippen molar-refractivity contribution in [3.05, 3.63) is 0 Å². The van der Waals surface area contributed by atoms with Gasteiger partial charge < -0.3 is 5.32 Å². The molecule has 1 nitrogen and oxygen atoms in total. The van der Waals surface area contributed by atoms with Gasteiger partial charge in [0.2, 0.25) is 0 Å². The van der Waals surface area contributed by atoms with Gasteiger partial charge in [-0.25, -0.2) is 0 Å². The van der Waals surface area contributed by atoms with Crippen molar-refractivity contribution in [2.45, 2.75) is 57.9 Å². The average molecular weight is 191 g/mol. The van der Waals surface area contributed by atoms with Crippen LogP contribution in [0.1, 0.15) is 51.9 Å². The molecular weight excluding hydrogens is 170 g/mol. The Morgan fingerprint density at radius 3 is 2.64 bits per heavy atom. The van der Waals surface area contributed by atoms with Crippen LogP contribution in [0.15, 0.2) is 0 Å². The lowest BCUT2D eigenvalue weighted by molar-refractivity contribution is 0.238. The van der Waals surface area contributed by atoms with E-state index in [4.69, 9.17) is 0 Å². The van der Waals surface area contributed by atoms with Crippen LogP contribution < -0.4 is 5.32 Å². The highest BCUT2D eigenvalue weighted by Gasteiger charge is 2.43. The van der Waals surface area contributed by atoms with Crippen LogP contribution in [0.4, 0.5) is 0 Å². The Kier molecular flexibility index (Phi) is 3.13. The van der Waals surface area contributed by atoms with Crippen LogP contribution in [-0.2, 0) is 0 Å². The molecule has 14 heavy (non-hydrogen) atoms. The highest BCUT2D eigenvalue weighted by atomic mass is 14.9. The van der Waals surface area contributed by atoms with Crippen molar-refractivity contribution in [1.82, 2.24) is 5.32 Å². The lowest BCUT2D eigenvalue weighted by Gasteiger charge is -2.31. The van der Waals surface area contributed by atoms with E-state index in [9.17, 15) is 0 Å². The highest BCUT2D eigenvalue weighted by molar-refractivity contribution is 5.03. The summed E-state index contributed by atoms with van der Waals surface area (Å²) in [6, 6.07) is 0.769. The summed E-state index contributed by atoms with van der Waals surface area (Å²) in [6.45, 7) is 2.81. The fraction of sp³-hybridized carbons (Fsp3) is 0.846. The molecule has 1 N–H and O–H groups in total. The van der Waals surface area contributed by atoms with Crippen LogP contribution in [0.3, 0.4) is 0 Å². The van der Waals surface area contributed by atoms with Gasteiger partial charge in [-0.1, -0.05) is 25.2 Å². The molecule has 2 aliphatic carbocycles. The van der Waals surface area contributed by atoms with E-state index in [0.29, 0.717) is 5.41 Å². The van der Waals surface area contributed by atoms with Crippen molar-refractivity contribution in [2.24, 2.45) is 5.41 Å².